The lowest BCUT2D eigenvalue weighted by atomic mass is 10.0. The number of hydrogen-bond donors (Lipinski definition) is 2. The molecule has 0 radical (unpaired) electrons. The van der Waals surface area contributed by atoms with Gasteiger partial charge in [0.25, 0.3) is 5.92 Å². The van der Waals surface area contributed by atoms with Crippen LogP contribution in [0.1, 0.15) is 11.6 Å². The van der Waals surface area contributed by atoms with Crippen LogP contribution in [0.5, 0.6) is 0 Å². The van der Waals surface area contributed by atoms with Crippen LogP contribution >= 0.6 is 24.0 Å². The van der Waals surface area contributed by atoms with Crippen molar-refractivity contribution >= 4 is 24.0 Å². The first-order valence-corrected chi connectivity index (χ1v) is 4.56. The fraction of sp³-hybridized carbons (Fsp3) is 0.333. The molecule has 98 valence electrons. The summed E-state index contributed by atoms with van der Waals surface area (Å²) in [6.45, 7) is -1.60. The summed E-state index contributed by atoms with van der Waals surface area (Å²) in [5.41, 5.74) is 4.01. The molecule has 1 rings (SSSR count). The third-order valence-corrected chi connectivity index (χ3v) is 2.24. The Morgan fingerprint density at radius 1 is 1.29 bits per heavy atom. The Bertz CT molecular complexity index is 380. The lowest BCUT2D eigenvalue weighted by molar-refractivity contribution is -0.0726. The highest BCUT2D eigenvalue weighted by molar-refractivity contribution is 6.30. The molecule has 0 amide bonds. The van der Waals surface area contributed by atoms with E-state index in [9.17, 15) is 17.6 Å². The van der Waals surface area contributed by atoms with Crippen molar-refractivity contribution in [1.29, 1.82) is 0 Å². The number of halogens is 6. The van der Waals surface area contributed by atoms with E-state index < -0.39 is 35.8 Å². The zero-order valence-electron chi connectivity index (χ0n) is 8.26. The van der Waals surface area contributed by atoms with Crippen molar-refractivity contribution < 1.29 is 22.7 Å². The normalized spacial score (nSPS) is 13.1. The van der Waals surface area contributed by atoms with E-state index in [2.05, 4.69) is 0 Å². The van der Waals surface area contributed by atoms with E-state index in [1.165, 1.54) is 0 Å². The van der Waals surface area contributed by atoms with Gasteiger partial charge in [0.2, 0.25) is 0 Å². The molecule has 0 aliphatic rings. The number of hydrogen-bond acceptors (Lipinski definition) is 2. The van der Waals surface area contributed by atoms with Gasteiger partial charge in [0.1, 0.15) is 24.3 Å². The van der Waals surface area contributed by atoms with E-state index in [-0.39, 0.29) is 17.4 Å². The van der Waals surface area contributed by atoms with Gasteiger partial charge in [-0.15, -0.1) is 12.4 Å². The summed E-state index contributed by atoms with van der Waals surface area (Å²) in [7, 11) is 0. The Labute approximate surface area is 106 Å². The van der Waals surface area contributed by atoms with Gasteiger partial charge < -0.3 is 10.8 Å². The lowest BCUT2D eigenvalue weighted by Crippen LogP contribution is -2.37. The predicted molar refractivity (Wildman–Crippen MR) is 57.6 cm³/mol. The van der Waals surface area contributed by atoms with E-state index in [1.54, 1.807) is 0 Å². The maximum Gasteiger partial charge on any atom is 0.289 e. The lowest BCUT2D eigenvalue weighted by Gasteiger charge is -2.22. The van der Waals surface area contributed by atoms with E-state index in [4.69, 9.17) is 22.4 Å². The van der Waals surface area contributed by atoms with Crippen molar-refractivity contribution in [3.63, 3.8) is 0 Å². The van der Waals surface area contributed by atoms with Gasteiger partial charge in [0.05, 0.1) is 0 Å². The predicted octanol–water partition coefficient (Wildman–Crippen LogP) is 2.67. The molecule has 0 aliphatic heterocycles. The molecule has 1 atom stereocenters. The van der Waals surface area contributed by atoms with Crippen molar-refractivity contribution in [1.82, 2.24) is 0 Å². The molecule has 8 heteroatoms. The number of alkyl halides is 2. The largest absolute Gasteiger partial charge is 0.390 e. The number of rotatable bonds is 3. The minimum Gasteiger partial charge on any atom is -0.390 e. The quantitative estimate of drug-likeness (QED) is 0.842. The first-order valence-electron chi connectivity index (χ1n) is 4.18. The second-order valence-corrected chi connectivity index (χ2v) is 3.62. The molecule has 0 bridgehead atoms. The van der Waals surface area contributed by atoms with Gasteiger partial charge in [0, 0.05) is 10.6 Å². The molecular weight excluding hydrogens is 285 g/mol. The summed E-state index contributed by atoms with van der Waals surface area (Å²) in [4.78, 5) is 0. The number of aliphatic hydroxyl groups excluding tert-OH is 1. The molecule has 0 heterocycles. The van der Waals surface area contributed by atoms with Crippen LogP contribution in [0.2, 0.25) is 5.02 Å². The number of nitrogens with two attached hydrogens (primary N) is 1. The van der Waals surface area contributed by atoms with E-state index in [0.29, 0.717) is 12.1 Å². The maximum atomic E-state index is 13.2. The molecule has 1 aromatic rings. The monoisotopic (exact) mass is 293 g/mol. The van der Waals surface area contributed by atoms with Gasteiger partial charge in [-0.3, -0.25) is 0 Å². The van der Waals surface area contributed by atoms with Crippen LogP contribution in [0.4, 0.5) is 17.6 Å². The Kier molecular flexibility index (Phi) is 5.67. The fourth-order valence-electron chi connectivity index (χ4n) is 1.16. The third kappa shape index (κ3) is 3.45. The molecule has 0 aromatic heterocycles. The van der Waals surface area contributed by atoms with Crippen LogP contribution in [0.25, 0.3) is 0 Å². The molecule has 1 aromatic carbocycles. The summed E-state index contributed by atoms with van der Waals surface area (Å²) in [6.07, 6.45) is 0. The molecule has 0 saturated heterocycles. The van der Waals surface area contributed by atoms with E-state index >= 15 is 0 Å². The molecule has 0 unspecified atom stereocenters. The Morgan fingerprint density at radius 3 is 2.06 bits per heavy atom. The molecule has 3 N–H and O–H groups in total. The number of benzene rings is 1. The highest BCUT2D eigenvalue weighted by Crippen LogP contribution is 2.33. The van der Waals surface area contributed by atoms with Crippen molar-refractivity contribution in [2.24, 2.45) is 5.73 Å². The second-order valence-electron chi connectivity index (χ2n) is 3.18. The standard InChI is InChI=1S/C9H8ClF4NO.ClH/c10-4-1-5(11)7(6(12)2-4)8(15)9(13,14)3-16;/h1-2,8,16H,3,15H2;1H/t8-;/m0./s1. The zero-order chi connectivity index (χ0) is 12.5. The molecule has 0 aliphatic carbocycles. The van der Waals surface area contributed by atoms with Crippen LogP contribution in [0.3, 0.4) is 0 Å². The Morgan fingerprint density at radius 2 is 1.71 bits per heavy atom. The summed E-state index contributed by atoms with van der Waals surface area (Å²) in [5.74, 6) is -6.36. The van der Waals surface area contributed by atoms with Crippen LogP contribution in [0, 0.1) is 11.6 Å². The highest BCUT2D eigenvalue weighted by atomic mass is 35.5. The topological polar surface area (TPSA) is 46.2 Å². The Hall–Kier alpha value is -0.560. The maximum absolute atomic E-state index is 13.2. The smallest absolute Gasteiger partial charge is 0.289 e. The molecule has 0 spiro atoms. The van der Waals surface area contributed by atoms with Crippen molar-refractivity contribution in [3.8, 4) is 0 Å². The SMILES string of the molecule is Cl.N[C@@H](c1c(F)cc(Cl)cc1F)C(F)(F)CO. The average Bonchev–Trinajstić information content (AvgIpc) is 2.15. The van der Waals surface area contributed by atoms with E-state index in [1.807, 2.05) is 0 Å². The van der Waals surface area contributed by atoms with Crippen molar-refractivity contribution in [2.75, 3.05) is 6.61 Å². The second kappa shape index (κ2) is 5.86. The van der Waals surface area contributed by atoms with Gasteiger partial charge >= 0.3 is 0 Å². The van der Waals surface area contributed by atoms with Crippen molar-refractivity contribution in [3.05, 3.63) is 34.4 Å². The van der Waals surface area contributed by atoms with Gasteiger partial charge in [-0.05, 0) is 12.1 Å². The van der Waals surface area contributed by atoms with Gasteiger partial charge in [-0.2, -0.15) is 0 Å². The summed E-state index contributed by atoms with van der Waals surface area (Å²) in [5, 5.41) is 8.10. The summed E-state index contributed by atoms with van der Waals surface area (Å²) < 4.78 is 52.3. The molecule has 2 nitrogen and oxygen atoms in total. The zero-order valence-corrected chi connectivity index (χ0v) is 9.83. The van der Waals surface area contributed by atoms with Gasteiger partial charge in [-0.1, -0.05) is 11.6 Å². The minimum absolute atomic E-state index is 0. The first kappa shape index (κ1) is 16.4. The van der Waals surface area contributed by atoms with Gasteiger partial charge in [0.15, 0.2) is 0 Å². The molecule has 0 fully saturated rings. The van der Waals surface area contributed by atoms with Crippen LogP contribution < -0.4 is 5.73 Å². The summed E-state index contributed by atoms with van der Waals surface area (Å²) >= 11 is 5.32. The van der Waals surface area contributed by atoms with Crippen LogP contribution in [0.15, 0.2) is 12.1 Å². The highest BCUT2D eigenvalue weighted by Gasteiger charge is 2.40. The fourth-order valence-corrected chi connectivity index (χ4v) is 1.35. The molecule has 17 heavy (non-hydrogen) atoms. The Balaban J connectivity index is 0.00000256. The number of aliphatic hydroxyl groups is 1. The molecule has 0 saturated carbocycles. The van der Waals surface area contributed by atoms with Gasteiger partial charge in [-0.25, -0.2) is 17.6 Å². The molecular formula is C9H9Cl2F4NO. The summed E-state index contributed by atoms with van der Waals surface area (Å²) in [6, 6.07) is -0.921. The van der Waals surface area contributed by atoms with Crippen LogP contribution in [-0.4, -0.2) is 17.6 Å². The average molecular weight is 294 g/mol. The van der Waals surface area contributed by atoms with E-state index in [0.717, 1.165) is 0 Å². The third-order valence-electron chi connectivity index (χ3n) is 2.02. The van der Waals surface area contributed by atoms with Crippen molar-refractivity contribution in [2.45, 2.75) is 12.0 Å². The minimum atomic E-state index is -3.81. The van der Waals surface area contributed by atoms with Crippen LogP contribution in [-0.2, 0) is 0 Å². The first-order chi connectivity index (χ1) is 7.29.